The van der Waals surface area contributed by atoms with Gasteiger partial charge in [-0.2, -0.15) is 0 Å². The molecule has 3 rings (SSSR count). The molecule has 104 valence electrons. The lowest BCUT2D eigenvalue weighted by Gasteiger charge is -1.97. The van der Waals surface area contributed by atoms with Crippen LogP contribution in [0, 0.1) is 0 Å². The number of carbonyl (C=O) groups is 1. The van der Waals surface area contributed by atoms with Crippen LogP contribution in [0.15, 0.2) is 70.2 Å². The molecule has 0 spiro atoms. The van der Waals surface area contributed by atoms with Crippen molar-refractivity contribution in [3.8, 4) is 0 Å². The quantitative estimate of drug-likeness (QED) is 0.492. The third-order valence-corrected chi connectivity index (χ3v) is 3.80. The van der Waals surface area contributed by atoms with Crippen molar-refractivity contribution in [3.05, 3.63) is 71.4 Å². The Balaban J connectivity index is 1.89. The van der Waals surface area contributed by atoms with Crippen molar-refractivity contribution in [2.45, 2.75) is 4.90 Å². The topological polar surface area (TPSA) is 38.7 Å². The zero-order valence-corrected chi connectivity index (χ0v) is 12.3. The molecule has 21 heavy (non-hydrogen) atoms. The van der Waals surface area contributed by atoms with Crippen LogP contribution in [-0.4, -0.2) is 18.1 Å². The number of ether oxygens (including phenoxy) is 1. The molecule has 0 amide bonds. The van der Waals surface area contributed by atoms with Gasteiger partial charge in [0.15, 0.2) is 5.70 Å². The highest BCUT2D eigenvalue weighted by Gasteiger charge is 2.23. The molecule has 0 radical (unpaired) electrons. The van der Waals surface area contributed by atoms with Crippen LogP contribution >= 0.6 is 11.8 Å². The minimum atomic E-state index is -0.414. The number of benzene rings is 2. The molecule has 0 saturated heterocycles. The van der Waals surface area contributed by atoms with Crippen molar-refractivity contribution >= 4 is 29.7 Å². The highest BCUT2D eigenvalue weighted by Crippen LogP contribution is 2.20. The van der Waals surface area contributed by atoms with E-state index < -0.39 is 5.97 Å². The van der Waals surface area contributed by atoms with E-state index in [-0.39, 0.29) is 0 Å². The summed E-state index contributed by atoms with van der Waals surface area (Å²) in [5.41, 5.74) is 2.05. The largest absolute Gasteiger partial charge is 0.402 e. The summed E-state index contributed by atoms with van der Waals surface area (Å²) in [6.45, 7) is 0. The van der Waals surface area contributed by atoms with Gasteiger partial charge in [0.2, 0.25) is 5.90 Å². The molecule has 0 atom stereocenters. The number of nitrogens with zero attached hydrogens (tertiary/aromatic N) is 1. The van der Waals surface area contributed by atoms with Gasteiger partial charge in [-0.3, -0.25) is 0 Å². The van der Waals surface area contributed by atoms with Gasteiger partial charge in [0.05, 0.1) is 0 Å². The Bertz CT molecular complexity index is 718. The highest BCUT2D eigenvalue weighted by molar-refractivity contribution is 7.98. The zero-order valence-electron chi connectivity index (χ0n) is 11.4. The maximum absolute atomic E-state index is 11.9. The summed E-state index contributed by atoms with van der Waals surface area (Å²) in [4.78, 5) is 17.3. The summed E-state index contributed by atoms with van der Waals surface area (Å²) in [5, 5.41) is 0. The molecule has 1 heterocycles. The van der Waals surface area contributed by atoms with E-state index in [0.717, 1.165) is 11.1 Å². The second-order valence-corrected chi connectivity index (χ2v) is 5.35. The van der Waals surface area contributed by atoms with Gasteiger partial charge in [0.25, 0.3) is 0 Å². The molecular formula is C17H13NO2S. The van der Waals surface area contributed by atoms with Crippen LogP contribution in [0.1, 0.15) is 11.1 Å². The highest BCUT2D eigenvalue weighted by atomic mass is 32.2. The first-order valence-corrected chi connectivity index (χ1v) is 7.71. The Morgan fingerprint density at radius 3 is 2.43 bits per heavy atom. The Kier molecular flexibility index (Phi) is 3.88. The molecule has 1 aliphatic rings. The summed E-state index contributed by atoms with van der Waals surface area (Å²) < 4.78 is 5.22. The maximum Gasteiger partial charge on any atom is 0.363 e. The van der Waals surface area contributed by atoms with Gasteiger partial charge in [0.1, 0.15) is 0 Å². The fraction of sp³-hybridized carbons (Fsp3) is 0.0588. The molecule has 3 nitrogen and oxygen atoms in total. The van der Waals surface area contributed by atoms with Gasteiger partial charge < -0.3 is 4.74 Å². The second-order valence-electron chi connectivity index (χ2n) is 4.48. The molecule has 2 aromatic carbocycles. The molecule has 0 aromatic heterocycles. The van der Waals surface area contributed by atoms with E-state index in [0.29, 0.717) is 11.6 Å². The smallest absolute Gasteiger partial charge is 0.363 e. The Hall–Kier alpha value is -2.33. The van der Waals surface area contributed by atoms with Gasteiger partial charge in [-0.15, -0.1) is 11.8 Å². The van der Waals surface area contributed by atoms with E-state index in [1.807, 2.05) is 60.9 Å². The average Bonchev–Trinajstić information content (AvgIpc) is 2.90. The molecule has 1 aliphatic heterocycles. The van der Waals surface area contributed by atoms with Gasteiger partial charge in [0, 0.05) is 10.5 Å². The number of cyclic esters (lactones) is 1. The van der Waals surface area contributed by atoms with Crippen molar-refractivity contribution in [2.75, 3.05) is 6.26 Å². The standard InChI is InChI=1S/C17H13NO2S/c1-21-14-9-7-12(8-10-14)11-15-17(19)20-16(18-15)13-5-3-2-4-6-13/h2-11H,1H3. The third-order valence-electron chi connectivity index (χ3n) is 3.06. The van der Waals surface area contributed by atoms with Crippen LogP contribution in [-0.2, 0) is 9.53 Å². The maximum atomic E-state index is 11.9. The first-order chi connectivity index (χ1) is 10.3. The molecule has 0 fully saturated rings. The van der Waals surface area contributed by atoms with Gasteiger partial charge in [-0.25, -0.2) is 9.79 Å². The summed E-state index contributed by atoms with van der Waals surface area (Å²) in [7, 11) is 0. The first kappa shape index (κ1) is 13.6. The van der Waals surface area contributed by atoms with Crippen LogP contribution in [0.2, 0.25) is 0 Å². The minimum Gasteiger partial charge on any atom is -0.402 e. The monoisotopic (exact) mass is 295 g/mol. The van der Waals surface area contributed by atoms with Gasteiger partial charge in [-0.1, -0.05) is 30.3 Å². The minimum absolute atomic E-state index is 0.325. The summed E-state index contributed by atoms with van der Waals surface area (Å²) >= 11 is 1.68. The van der Waals surface area contributed by atoms with Crippen molar-refractivity contribution < 1.29 is 9.53 Å². The molecule has 0 aliphatic carbocycles. The van der Waals surface area contributed by atoms with Crippen molar-refractivity contribution in [1.29, 1.82) is 0 Å². The number of esters is 1. The van der Waals surface area contributed by atoms with E-state index >= 15 is 0 Å². The van der Waals surface area contributed by atoms with Crippen molar-refractivity contribution in [1.82, 2.24) is 0 Å². The van der Waals surface area contributed by atoms with E-state index in [1.165, 1.54) is 4.90 Å². The molecule has 0 saturated carbocycles. The number of hydrogen-bond donors (Lipinski definition) is 0. The first-order valence-electron chi connectivity index (χ1n) is 6.48. The number of carbonyl (C=O) groups excluding carboxylic acids is 1. The molecule has 4 heteroatoms. The lowest BCUT2D eigenvalue weighted by atomic mass is 10.2. The molecule has 0 bridgehead atoms. The lowest BCUT2D eigenvalue weighted by Crippen LogP contribution is -2.04. The van der Waals surface area contributed by atoms with Crippen LogP contribution < -0.4 is 0 Å². The SMILES string of the molecule is CSc1ccc(C=C2N=C(c3ccccc3)OC2=O)cc1. The third kappa shape index (κ3) is 3.06. The summed E-state index contributed by atoms with van der Waals surface area (Å²) in [6.07, 6.45) is 3.76. The fourth-order valence-electron chi connectivity index (χ4n) is 1.97. The van der Waals surface area contributed by atoms with Gasteiger partial charge >= 0.3 is 5.97 Å². The lowest BCUT2D eigenvalue weighted by molar-refractivity contribution is -0.129. The summed E-state index contributed by atoms with van der Waals surface area (Å²) in [5.74, 6) is -0.0598. The predicted octanol–water partition coefficient (Wildman–Crippen LogP) is 3.75. The van der Waals surface area contributed by atoms with Gasteiger partial charge in [-0.05, 0) is 42.2 Å². The zero-order chi connectivity index (χ0) is 14.7. The van der Waals surface area contributed by atoms with E-state index in [1.54, 1.807) is 17.8 Å². The molecule has 2 aromatic rings. The Labute approximate surface area is 127 Å². The van der Waals surface area contributed by atoms with Crippen molar-refractivity contribution in [3.63, 3.8) is 0 Å². The van der Waals surface area contributed by atoms with E-state index in [4.69, 9.17) is 4.74 Å². The second kappa shape index (κ2) is 5.97. The number of aliphatic imine (C=N–C) groups is 1. The van der Waals surface area contributed by atoms with Crippen LogP contribution in [0.25, 0.3) is 6.08 Å². The molecule has 0 unspecified atom stereocenters. The molecular weight excluding hydrogens is 282 g/mol. The summed E-state index contributed by atoms with van der Waals surface area (Å²) in [6, 6.07) is 17.3. The normalized spacial score (nSPS) is 16.0. The van der Waals surface area contributed by atoms with Crippen LogP contribution in [0.3, 0.4) is 0 Å². The number of thioether (sulfide) groups is 1. The average molecular weight is 295 g/mol. The number of rotatable bonds is 3. The van der Waals surface area contributed by atoms with E-state index in [9.17, 15) is 4.79 Å². The van der Waals surface area contributed by atoms with Crippen LogP contribution in [0.5, 0.6) is 0 Å². The van der Waals surface area contributed by atoms with E-state index in [2.05, 4.69) is 4.99 Å². The molecule has 0 N–H and O–H groups in total. The predicted molar refractivity (Wildman–Crippen MR) is 85.3 cm³/mol. The Morgan fingerprint density at radius 1 is 1.05 bits per heavy atom. The fourth-order valence-corrected chi connectivity index (χ4v) is 2.38. The van der Waals surface area contributed by atoms with Crippen molar-refractivity contribution in [2.24, 2.45) is 4.99 Å². The van der Waals surface area contributed by atoms with Crippen LogP contribution in [0.4, 0.5) is 0 Å². The Morgan fingerprint density at radius 2 is 1.76 bits per heavy atom. The number of hydrogen-bond acceptors (Lipinski definition) is 4.